The van der Waals surface area contributed by atoms with Gasteiger partial charge in [0.1, 0.15) is 22.7 Å². The lowest BCUT2D eigenvalue weighted by Gasteiger charge is -2.33. The van der Waals surface area contributed by atoms with E-state index in [1.807, 2.05) is 0 Å². The van der Waals surface area contributed by atoms with E-state index in [0.717, 1.165) is 29.5 Å². The van der Waals surface area contributed by atoms with Crippen LogP contribution in [0, 0.1) is 0 Å². The zero-order valence-electron chi connectivity index (χ0n) is 11.3. The number of rotatable bonds is 1. The van der Waals surface area contributed by atoms with E-state index in [2.05, 4.69) is 13.8 Å². The molecule has 2 aromatic rings. The topological polar surface area (TPSA) is 48.7 Å². The summed E-state index contributed by atoms with van der Waals surface area (Å²) in [4.78, 5) is 11.3. The van der Waals surface area contributed by atoms with Crippen LogP contribution < -0.4 is 15.1 Å². The molecule has 0 atom stereocenters. The van der Waals surface area contributed by atoms with Crippen LogP contribution in [-0.2, 0) is 6.42 Å². The van der Waals surface area contributed by atoms with E-state index in [-0.39, 0.29) is 11.2 Å². The van der Waals surface area contributed by atoms with E-state index in [1.165, 1.54) is 6.07 Å². The third-order valence-electron chi connectivity index (χ3n) is 3.52. The molecule has 1 aromatic heterocycles. The van der Waals surface area contributed by atoms with Crippen LogP contribution in [0.1, 0.15) is 25.8 Å². The summed E-state index contributed by atoms with van der Waals surface area (Å²) < 4.78 is 16.7. The molecule has 0 spiro atoms. The Morgan fingerprint density at radius 3 is 2.84 bits per heavy atom. The highest BCUT2D eigenvalue weighted by Gasteiger charge is 2.30. The molecular formula is C15H16O4. The van der Waals surface area contributed by atoms with Gasteiger partial charge in [0.05, 0.1) is 12.5 Å². The van der Waals surface area contributed by atoms with Gasteiger partial charge in [0.25, 0.3) is 0 Å². The number of hydrogen-bond donors (Lipinski definition) is 0. The van der Waals surface area contributed by atoms with Crippen molar-refractivity contribution in [3.63, 3.8) is 0 Å². The third-order valence-corrected chi connectivity index (χ3v) is 3.52. The van der Waals surface area contributed by atoms with Crippen molar-refractivity contribution in [2.45, 2.75) is 32.3 Å². The van der Waals surface area contributed by atoms with Gasteiger partial charge in [-0.25, -0.2) is 4.79 Å². The van der Waals surface area contributed by atoms with E-state index in [0.29, 0.717) is 11.3 Å². The summed E-state index contributed by atoms with van der Waals surface area (Å²) >= 11 is 0. The Morgan fingerprint density at radius 2 is 2.11 bits per heavy atom. The lowest BCUT2D eigenvalue weighted by molar-refractivity contribution is 0.0857. The number of methoxy groups -OCH3 is 1. The van der Waals surface area contributed by atoms with Crippen LogP contribution in [0.5, 0.6) is 11.5 Å². The van der Waals surface area contributed by atoms with Crippen LogP contribution in [0.25, 0.3) is 11.0 Å². The smallest absolute Gasteiger partial charge is 0.336 e. The zero-order valence-corrected chi connectivity index (χ0v) is 11.3. The molecule has 19 heavy (non-hydrogen) atoms. The summed E-state index contributed by atoms with van der Waals surface area (Å²) in [5.41, 5.74) is 0.955. The number of ether oxygens (including phenoxy) is 2. The summed E-state index contributed by atoms with van der Waals surface area (Å²) in [7, 11) is 1.61. The average molecular weight is 260 g/mol. The van der Waals surface area contributed by atoms with Gasteiger partial charge >= 0.3 is 5.63 Å². The highest BCUT2D eigenvalue weighted by molar-refractivity contribution is 5.87. The van der Waals surface area contributed by atoms with Gasteiger partial charge in [-0.1, -0.05) is 0 Å². The molecule has 0 saturated heterocycles. The van der Waals surface area contributed by atoms with Gasteiger partial charge in [-0.05, 0) is 32.8 Å². The number of benzene rings is 1. The van der Waals surface area contributed by atoms with E-state index < -0.39 is 0 Å². The minimum atomic E-state index is -0.371. The van der Waals surface area contributed by atoms with Crippen LogP contribution in [0.2, 0.25) is 0 Å². The van der Waals surface area contributed by atoms with Crippen LogP contribution in [-0.4, -0.2) is 12.7 Å². The van der Waals surface area contributed by atoms with E-state index in [1.54, 1.807) is 19.2 Å². The molecule has 100 valence electrons. The average Bonchev–Trinajstić information content (AvgIpc) is 2.36. The highest BCUT2D eigenvalue weighted by Crippen LogP contribution is 2.43. The molecule has 0 amide bonds. The molecule has 0 radical (unpaired) electrons. The molecule has 4 heteroatoms. The quantitative estimate of drug-likeness (QED) is 0.740. The molecule has 1 aliphatic heterocycles. The number of hydrogen-bond acceptors (Lipinski definition) is 4. The van der Waals surface area contributed by atoms with Crippen molar-refractivity contribution in [3.8, 4) is 11.5 Å². The Labute approximate surface area is 110 Å². The van der Waals surface area contributed by atoms with Gasteiger partial charge in [-0.15, -0.1) is 0 Å². The fraction of sp³-hybridized carbons (Fsp3) is 0.400. The largest absolute Gasteiger partial charge is 0.496 e. The second-order valence-electron chi connectivity index (χ2n) is 5.41. The van der Waals surface area contributed by atoms with Crippen molar-refractivity contribution in [2.24, 2.45) is 0 Å². The molecule has 0 unspecified atom stereocenters. The molecule has 0 bridgehead atoms. The molecule has 3 rings (SSSR count). The van der Waals surface area contributed by atoms with Gasteiger partial charge in [0.15, 0.2) is 0 Å². The Kier molecular flexibility index (Phi) is 2.55. The van der Waals surface area contributed by atoms with E-state index >= 15 is 0 Å². The van der Waals surface area contributed by atoms with Gasteiger partial charge in [0.2, 0.25) is 0 Å². The van der Waals surface area contributed by atoms with Gasteiger partial charge in [-0.3, -0.25) is 0 Å². The molecule has 0 fully saturated rings. The Hall–Kier alpha value is -1.97. The molecule has 0 N–H and O–H groups in total. The van der Waals surface area contributed by atoms with Crippen molar-refractivity contribution in [1.29, 1.82) is 0 Å². The van der Waals surface area contributed by atoms with Crippen molar-refractivity contribution in [2.75, 3.05) is 7.11 Å². The monoisotopic (exact) mass is 260 g/mol. The summed E-state index contributed by atoms with van der Waals surface area (Å²) in [6, 6.07) is 4.93. The first-order valence-corrected chi connectivity index (χ1v) is 6.33. The van der Waals surface area contributed by atoms with Gasteiger partial charge < -0.3 is 13.9 Å². The van der Waals surface area contributed by atoms with Gasteiger partial charge in [-0.2, -0.15) is 0 Å². The predicted molar refractivity (Wildman–Crippen MR) is 72.1 cm³/mol. The Balaban J connectivity index is 2.34. The maximum atomic E-state index is 11.3. The summed E-state index contributed by atoms with van der Waals surface area (Å²) in [6.07, 6.45) is 1.82. The Morgan fingerprint density at radius 1 is 1.32 bits per heavy atom. The molecule has 0 aliphatic carbocycles. The third kappa shape index (κ3) is 1.97. The standard InChI is InChI=1S/C15H16O4/c1-15(2)7-6-10-11(17-3)8-12-9(14(10)19-15)4-5-13(16)18-12/h4-5,8H,6-7H2,1-3H3. The first-order valence-electron chi connectivity index (χ1n) is 6.33. The maximum absolute atomic E-state index is 11.3. The summed E-state index contributed by atoms with van der Waals surface area (Å²) in [6.45, 7) is 4.11. The zero-order chi connectivity index (χ0) is 13.6. The molecule has 2 heterocycles. The number of fused-ring (bicyclic) bond motifs is 3. The van der Waals surface area contributed by atoms with E-state index in [9.17, 15) is 4.79 Å². The first kappa shape index (κ1) is 12.1. The molecule has 0 saturated carbocycles. The van der Waals surface area contributed by atoms with E-state index in [4.69, 9.17) is 13.9 Å². The normalized spacial score (nSPS) is 16.8. The van der Waals surface area contributed by atoms with Crippen LogP contribution in [0.15, 0.2) is 27.4 Å². The highest BCUT2D eigenvalue weighted by atomic mass is 16.5. The minimum absolute atomic E-state index is 0.220. The van der Waals surface area contributed by atoms with Crippen molar-refractivity contribution in [1.82, 2.24) is 0 Å². The first-order chi connectivity index (χ1) is 9.00. The fourth-order valence-corrected chi connectivity index (χ4v) is 2.50. The lowest BCUT2D eigenvalue weighted by Crippen LogP contribution is -2.32. The van der Waals surface area contributed by atoms with Crippen molar-refractivity contribution in [3.05, 3.63) is 34.2 Å². The van der Waals surface area contributed by atoms with Crippen molar-refractivity contribution >= 4 is 11.0 Å². The van der Waals surface area contributed by atoms with Crippen LogP contribution >= 0.6 is 0 Å². The maximum Gasteiger partial charge on any atom is 0.336 e. The molecule has 1 aromatic carbocycles. The molecule has 4 nitrogen and oxygen atoms in total. The Bertz CT molecular complexity index is 697. The molecular weight excluding hydrogens is 244 g/mol. The van der Waals surface area contributed by atoms with Crippen LogP contribution in [0.4, 0.5) is 0 Å². The molecule has 1 aliphatic rings. The second-order valence-corrected chi connectivity index (χ2v) is 5.41. The van der Waals surface area contributed by atoms with Gasteiger partial charge in [0, 0.05) is 17.7 Å². The van der Waals surface area contributed by atoms with Crippen molar-refractivity contribution < 1.29 is 13.9 Å². The second kappa shape index (κ2) is 4.02. The lowest BCUT2D eigenvalue weighted by atomic mass is 9.92. The fourth-order valence-electron chi connectivity index (χ4n) is 2.50. The summed E-state index contributed by atoms with van der Waals surface area (Å²) in [5.74, 6) is 1.49. The summed E-state index contributed by atoms with van der Waals surface area (Å²) in [5, 5.41) is 0.822. The predicted octanol–water partition coefficient (Wildman–Crippen LogP) is 2.91. The van der Waals surface area contributed by atoms with Crippen LogP contribution in [0.3, 0.4) is 0 Å². The minimum Gasteiger partial charge on any atom is -0.496 e. The SMILES string of the molecule is COc1cc2oc(=O)ccc2c2c1CCC(C)(C)O2.